The molecule has 122 valence electrons. The van der Waals surface area contributed by atoms with Crippen LogP contribution in [-0.4, -0.2) is 44.1 Å². The van der Waals surface area contributed by atoms with Crippen LogP contribution >= 0.6 is 12.4 Å². The van der Waals surface area contributed by atoms with Crippen molar-refractivity contribution in [3.63, 3.8) is 0 Å². The lowest BCUT2D eigenvalue weighted by Crippen LogP contribution is -2.33. The van der Waals surface area contributed by atoms with Crippen LogP contribution in [0.3, 0.4) is 0 Å². The molecule has 22 heavy (non-hydrogen) atoms. The monoisotopic (exact) mass is 324 g/mol. The van der Waals surface area contributed by atoms with E-state index in [1.54, 1.807) is 7.11 Å². The Morgan fingerprint density at radius 1 is 1.32 bits per heavy atom. The first-order valence-electron chi connectivity index (χ1n) is 7.82. The summed E-state index contributed by atoms with van der Waals surface area (Å²) in [5, 5.41) is 3.43. The van der Waals surface area contributed by atoms with Crippen molar-refractivity contribution in [1.29, 1.82) is 0 Å². The van der Waals surface area contributed by atoms with Crippen LogP contribution in [0.2, 0.25) is 0 Å². The molecule has 1 aromatic rings. The van der Waals surface area contributed by atoms with E-state index in [1.165, 1.54) is 12.0 Å². The van der Waals surface area contributed by atoms with Crippen LogP contribution in [0.25, 0.3) is 0 Å². The van der Waals surface area contributed by atoms with Crippen molar-refractivity contribution in [3.05, 3.63) is 29.8 Å². The summed E-state index contributed by atoms with van der Waals surface area (Å²) in [5.41, 5.74) is 1.57. The number of benzene rings is 1. The lowest BCUT2D eigenvalue weighted by atomic mass is 9.86. The van der Waals surface area contributed by atoms with E-state index in [-0.39, 0.29) is 12.4 Å². The minimum absolute atomic E-state index is 0. The first-order chi connectivity index (χ1) is 10.2. The number of halogens is 1. The second-order valence-corrected chi connectivity index (χ2v) is 6.34. The van der Waals surface area contributed by atoms with Crippen molar-refractivity contribution >= 4 is 18.3 Å². The molecule has 1 unspecified atom stereocenters. The molecule has 2 saturated heterocycles. The van der Waals surface area contributed by atoms with Crippen LogP contribution in [0, 0.1) is 5.41 Å². The summed E-state index contributed by atoms with van der Waals surface area (Å²) in [5.74, 6) is 1.16. The van der Waals surface area contributed by atoms with Crippen LogP contribution in [-0.2, 0) is 11.2 Å². The average Bonchev–Trinajstić information content (AvgIpc) is 3.16. The SMILES string of the molecule is COc1ccc(CCC(=O)N2CCC3(CCNC3)C2)cc1.Cl. The van der Waals surface area contributed by atoms with Gasteiger partial charge in [-0.1, -0.05) is 12.1 Å². The molecule has 0 bridgehead atoms. The Morgan fingerprint density at radius 2 is 2.09 bits per heavy atom. The number of aryl methyl sites for hydroxylation is 1. The molecule has 1 atom stereocenters. The second kappa shape index (κ2) is 7.34. The Balaban J connectivity index is 0.00000176. The molecule has 1 amide bonds. The van der Waals surface area contributed by atoms with E-state index < -0.39 is 0 Å². The summed E-state index contributed by atoms with van der Waals surface area (Å²) in [6.07, 6.45) is 3.80. The van der Waals surface area contributed by atoms with E-state index in [2.05, 4.69) is 10.2 Å². The van der Waals surface area contributed by atoms with Crippen LogP contribution in [0.5, 0.6) is 5.75 Å². The highest BCUT2D eigenvalue weighted by atomic mass is 35.5. The number of methoxy groups -OCH3 is 1. The summed E-state index contributed by atoms with van der Waals surface area (Å²) < 4.78 is 5.15. The second-order valence-electron chi connectivity index (χ2n) is 6.34. The zero-order chi connectivity index (χ0) is 14.7. The molecule has 2 aliphatic rings. The summed E-state index contributed by atoms with van der Waals surface area (Å²) >= 11 is 0. The number of carbonyl (C=O) groups excluding carboxylic acids is 1. The van der Waals surface area contributed by atoms with Crippen LogP contribution < -0.4 is 10.1 Å². The number of hydrogen-bond donors (Lipinski definition) is 1. The van der Waals surface area contributed by atoms with Crippen LogP contribution in [0.15, 0.2) is 24.3 Å². The number of carbonyl (C=O) groups is 1. The molecule has 2 aliphatic heterocycles. The lowest BCUT2D eigenvalue weighted by Gasteiger charge is -2.22. The smallest absolute Gasteiger partial charge is 0.222 e. The molecule has 0 aliphatic carbocycles. The van der Waals surface area contributed by atoms with Gasteiger partial charge in [0.25, 0.3) is 0 Å². The highest BCUT2D eigenvalue weighted by molar-refractivity contribution is 5.85. The molecule has 2 heterocycles. The molecular formula is C17H25ClN2O2. The van der Waals surface area contributed by atoms with Gasteiger partial charge in [-0.15, -0.1) is 12.4 Å². The maximum atomic E-state index is 12.4. The normalized spacial score (nSPS) is 23.6. The van der Waals surface area contributed by atoms with E-state index in [1.807, 2.05) is 24.3 Å². The number of nitrogens with zero attached hydrogens (tertiary/aromatic N) is 1. The van der Waals surface area contributed by atoms with Crippen LogP contribution in [0.4, 0.5) is 0 Å². The number of amides is 1. The van der Waals surface area contributed by atoms with Crippen molar-refractivity contribution in [3.8, 4) is 5.75 Å². The van der Waals surface area contributed by atoms with Gasteiger partial charge in [-0.2, -0.15) is 0 Å². The largest absolute Gasteiger partial charge is 0.497 e. The standard InChI is InChI=1S/C17H24N2O2.ClH/c1-21-15-5-2-14(3-6-15)4-7-16(20)19-11-9-17(13-19)8-10-18-12-17;/h2-3,5-6,18H,4,7-13H2,1H3;1H. The van der Waals surface area contributed by atoms with Crippen LogP contribution in [0.1, 0.15) is 24.8 Å². The molecule has 1 spiro atoms. The summed E-state index contributed by atoms with van der Waals surface area (Å²) in [7, 11) is 1.67. The van der Waals surface area contributed by atoms with E-state index >= 15 is 0 Å². The lowest BCUT2D eigenvalue weighted by molar-refractivity contribution is -0.130. The molecule has 0 aromatic heterocycles. The maximum Gasteiger partial charge on any atom is 0.222 e. The van der Waals surface area contributed by atoms with E-state index in [9.17, 15) is 4.79 Å². The fourth-order valence-corrected chi connectivity index (χ4v) is 3.49. The first kappa shape index (κ1) is 17.1. The van der Waals surface area contributed by atoms with Gasteiger partial charge in [0.05, 0.1) is 7.11 Å². The molecule has 1 aromatic carbocycles. The number of hydrogen-bond acceptors (Lipinski definition) is 3. The molecule has 0 radical (unpaired) electrons. The molecule has 1 N–H and O–H groups in total. The van der Waals surface area contributed by atoms with Crippen molar-refractivity contribution in [2.75, 3.05) is 33.3 Å². The summed E-state index contributed by atoms with van der Waals surface area (Å²) in [6.45, 7) is 4.06. The summed E-state index contributed by atoms with van der Waals surface area (Å²) in [4.78, 5) is 14.4. The highest BCUT2D eigenvalue weighted by Crippen LogP contribution is 2.36. The predicted octanol–water partition coefficient (Wildman–Crippen LogP) is 2.26. The highest BCUT2D eigenvalue weighted by Gasteiger charge is 2.41. The van der Waals surface area contributed by atoms with Crippen molar-refractivity contribution in [2.24, 2.45) is 5.41 Å². The molecule has 0 saturated carbocycles. The summed E-state index contributed by atoms with van der Waals surface area (Å²) in [6, 6.07) is 7.99. The number of ether oxygens (including phenoxy) is 1. The third kappa shape index (κ3) is 3.73. The maximum absolute atomic E-state index is 12.4. The predicted molar refractivity (Wildman–Crippen MR) is 89.7 cm³/mol. The van der Waals surface area contributed by atoms with E-state index in [4.69, 9.17) is 4.74 Å². The fourth-order valence-electron chi connectivity index (χ4n) is 3.49. The van der Waals surface area contributed by atoms with Gasteiger partial charge in [0.1, 0.15) is 5.75 Å². The van der Waals surface area contributed by atoms with Gasteiger partial charge in [0, 0.05) is 31.5 Å². The minimum atomic E-state index is 0. The zero-order valence-corrected chi connectivity index (χ0v) is 14.0. The average molecular weight is 325 g/mol. The fraction of sp³-hybridized carbons (Fsp3) is 0.588. The Kier molecular flexibility index (Phi) is 5.70. The quantitative estimate of drug-likeness (QED) is 0.923. The van der Waals surface area contributed by atoms with Gasteiger partial charge in [0.2, 0.25) is 5.91 Å². The molecule has 5 heteroatoms. The van der Waals surface area contributed by atoms with Gasteiger partial charge in [-0.25, -0.2) is 0 Å². The Hall–Kier alpha value is -1.26. The van der Waals surface area contributed by atoms with E-state index in [0.29, 0.717) is 17.7 Å². The number of rotatable bonds is 4. The Morgan fingerprint density at radius 3 is 2.73 bits per heavy atom. The van der Waals surface area contributed by atoms with E-state index in [0.717, 1.165) is 44.8 Å². The zero-order valence-electron chi connectivity index (χ0n) is 13.1. The van der Waals surface area contributed by atoms with Crippen molar-refractivity contribution in [1.82, 2.24) is 10.2 Å². The van der Waals surface area contributed by atoms with Gasteiger partial charge in [0.15, 0.2) is 0 Å². The Labute approximate surface area is 138 Å². The minimum Gasteiger partial charge on any atom is -0.497 e. The Bertz CT molecular complexity index is 498. The first-order valence-corrected chi connectivity index (χ1v) is 7.82. The third-order valence-electron chi connectivity index (χ3n) is 4.91. The molecular weight excluding hydrogens is 300 g/mol. The molecule has 2 fully saturated rings. The molecule has 4 nitrogen and oxygen atoms in total. The van der Waals surface area contributed by atoms with Gasteiger partial charge in [-0.3, -0.25) is 4.79 Å². The van der Waals surface area contributed by atoms with Gasteiger partial charge < -0.3 is 15.0 Å². The molecule has 3 rings (SSSR count). The third-order valence-corrected chi connectivity index (χ3v) is 4.91. The van der Waals surface area contributed by atoms with Crippen molar-refractivity contribution < 1.29 is 9.53 Å². The van der Waals surface area contributed by atoms with Crippen molar-refractivity contribution in [2.45, 2.75) is 25.7 Å². The van der Waals surface area contributed by atoms with Gasteiger partial charge >= 0.3 is 0 Å². The van der Waals surface area contributed by atoms with Gasteiger partial charge in [-0.05, 0) is 43.5 Å². The number of nitrogens with one attached hydrogen (secondary N) is 1. The number of likely N-dealkylation sites (tertiary alicyclic amines) is 1. The topological polar surface area (TPSA) is 41.6 Å².